The first-order valence-electron chi connectivity index (χ1n) is 11.3. The zero-order valence-corrected chi connectivity index (χ0v) is 21.4. The molecule has 184 valence electrons. The van der Waals surface area contributed by atoms with Gasteiger partial charge in [-0.3, -0.25) is 0 Å². The van der Waals surface area contributed by atoms with Gasteiger partial charge in [0.05, 0.1) is 15.6 Å². The summed E-state index contributed by atoms with van der Waals surface area (Å²) in [5.41, 5.74) is 1.39. The SMILES string of the molecule is O=S(=O)(c1ccc(Oc2ccccc2)cc1)N1CCN(c2ccc(-c3ccc(Cl)cc3Cl)nn2)CC1. The maximum atomic E-state index is 13.2. The normalized spacial score (nSPS) is 14.6. The number of para-hydroxylation sites is 1. The van der Waals surface area contributed by atoms with Gasteiger partial charge in [0.25, 0.3) is 0 Å². The number of benzene rings is 3. The van der Waals surface area contributed by atoms with Crippen molar-refractivity contribution in [1.82, 2.24) is 14.5 Å². The van der Waals surface area contributed by atoms with Gasteiger partial charge in [0.15, 0.2) is 5.82 Å². The van der Waals surface area contributed by atoms with Crippen LogP contribution in [0.1, 0.15) is 0 Å². The predicted molar refractivity (Wildman–Crippen MR) is 141 cm³/mol. The molecule has 0 radical (unpaired) electrons. The van der Waals surface area contributed by atoms with Crippen LogP contribution in [0.25, 0.3) is 11.3 Å². The molecule has 0 bridgehead atoms. The average molecular weight is 541 g/mol. The van der Waals surface area contributed by atoms with Crippen molar-refractivity contribution >= 4 is 39.0 Å². The Morgan fingerprint density at radius 2 is 1.44 bits per heavy atom. The van der Waals surface area contributed by atoms with E-state index in [1.165, 1.54) is 4.31 Å². The Bertz CT molecular complexity index is 1440. The van der Waals surface area contributed by atoms with Crippen molar-refractivity contribution < 1.29 is 13.2 Å². The second-order valence-corrected chi connectivity index (χ2v) is 11.0. The molecule has 4 aromatic rings. The average Bonchev–Trinajstić information content (AvgIpc) is 2.90. The monoisotopic (exact) mass is 540 g/mol. The largest absolute Gasteiger partial charge is 0.457 e. The minimum Gasteiger partial charge on any atom is -0.457 e. The van der Waals surface area contributed by atoms with E-state index in [1.807, 2.05) is 47.4 Å². The molecule has 10 heteroatoms. The minimum atomic E-state index is -3.62. The molecule has 1 saturated heterocycles. The molecule has 0 amide bonds. The molecule has 0 unspecified atom stereocenters. The zero-order valence-electron chi connectivity index (χ0n) is 19.1. The van der Waals surface area contributed by atoms with Gasteiger partial charge in [-0.05, 0) is 66.7 Å². The molecule has 0 atom stereocenters. The van der Waals surface area contributed by atoms with E-state index in [-0.39, 0.29) is 4.90 Å². The fourth-order valence-corrected chi connectivity index (χ4v) is 5.87. The summed E-state index contributed by atoms with van der Waals surface area (Å²) in [5.74, 6) is 1.95. The van der Waals surface area contributed by atoms with E-state index in [0.29, 0.717) is 59.2 Å². The Hall–Kier alpha value is -3.17. The number of ether oxygens (including phenoxy) is 1. The van der Waals surface area contributed by atoms with E-state index in [2.05, 4.69) is 10.2 Å². The van der Waals surface area contributed by atoms with Crippen molar-refractivity contribution in [1.29, 1.82) is 0 Å². The van der Waals surface area contributed by atoms with Crippen molar-refractivity contribution in [2.75, 3.05) is 31.1 Å². The number of hydrogen-bond acceptors (Lipinski definition) is 6. The van der Waals surface area contributed by atoms with Gasteiger partial charge in [-0.2, -0.15) is 4.31 Å². The van der Waals surface area contributed by atoms with Crippen LogP contribution >= 0.6 is 23.2 Å². The third-order valence-corrected chi connectivity index (χ3v) is 8.32. The Morgan fingerprint density at radius 1 is 0.750 bits per heavy atom. The van der Waals surface area contributed by atoms with Crippen molar-refractivity contribution in [3.63, 3.8) is 0 Å². The van der Waals surface area contributed by atoms with E-state index in [0.717, 1.165) is 5.56 Å². The Labute approximate surface area is 219 Å². The zero-order chi connectivity index (χ0) is 25.1. The maximum Gasteiger partial charge on any atom is 0.243 e. The molecule has 1 aliphatic rings. The van der Waals surface area contributed by atoms with Gasteiger partial charge in [-0.25, -0.2) is 8.42 Å². The molecule has 1 fully saturated rings. The fourth-order valence-electron chi connectivity index (χ4n) is 3.95. The van der Waals surface area contributed by atoms with Gasteiger partial charge in [0.2, 0.25) is 10.0 Å². The number of hydrogen-bond donors (Lipinski definition) is 0. The van der Waals surface area contributed by atoms with Crippen LogP contribution in [-0.2, 0) is 10.0 Å². The highest BCUT2D eigenvalue weighted by molar-refractivity contribution is 7.89. The standard InChI is InChI=1S/C26H22Cl2N4O3S/c27-19-6-11-23(24(28)18-19)25-12-13-26(30-29-25)31-14-16-32(17-15-31)36(33,34)22-9-7-21(8-10-22)35-20-4-2-1-3-5-20/h1-13,18H,14-17H2. The quantitative estimate of drug-likeness (QED) is 0.309. The summed E-state index contributed by atoms with van der Waals surface area (Å²) >= 11 is 12.2. The number of sulfonamides is 1. The summed E-state index contributed by atoms with van der Waals surface area (Å²) < 4.78 is 33.6. The molecule has 5 rings (SSSR count). The van der Waals surface area contributed by atoms with Crippen LogP contribution in [0.5, 0.6) is 11.5 Å². The molecule has 2 heterocycles. The Kier molecular flexibility index (Phi) is 7.11. The summed E-state index contributed by atoms with van der Waals surface area (Å²) in [6.07, 6.45) is 0. The van der Waals surface area contributed by atoms with E-state index in [1.54, 1.807) is 42.5 Å². The van der Waals surface area contributed by atoms with Crippen LogP contribution in [0, 0.1) is 0 Å². The van der Waals surface area contributed by atoms with Crippen LogP contribution in [0.3, 0.4) is 0 Å². The van der Waals surface area contributed by atoms with Gasteiger partial charge in [-0.1, -0.05) is 41.4 Å². The number of nitrogens with zero attached hydrogens (tertiary/aromatic N) is 4. The number of aromatic nitrogens is 2. The molecular formula is C26H22Cl2N4O3S. The molecule has 1 aliphatic heterocycles. The lowest BCUT2D eigenvalue weighted by molar-refractivity contribution is 0.383. The fraction of sp³-hybridized carbons (Fsp3) is 0.154. The van der Waals surface area contributed by atoms with Crippen LogP contribution in [0.15, 0.2) is 89.8 Å². The van der Waals surface area contributed by atoms with Crippen LogP contribution < -0.4 is 9.64 Å². The summed E-state index contributed by atoms with van der Waals surface area (Å²) in [7, 11) is -3.62. The van der Waals surface area contributed by atoms with Gasteiger partial charge in [0.1, 0.15) is 11.5 Å². The molecule has 0 saturated carbocycles. The lowest BCUT2D eigenvalue weighted by Gasteiger charge is -2.34. The molecule has 3 aromatic carbocycles. The number of halogens is 2. The smallest absolute Gasteiger partial charge is 0.243 e. The first-order valence-corrected chi connectivity index (χ1v) is 13.5. The van der Waals surface area contributed by atoms with Crippen LogP contribution in [0.4, 0.5) is 5.82 Å². The third-order valence-electron chi connectivity index (χ3n) is 5.86. The molecule has 0 spiro atoms. The summed E-state index contributed by atoms with van der Waals surface area (Å²) in [6.45, 7) is 1.70. The predicted octanol–water partition coefficient (Wildman–Crippen LogP) is 5.75. The second kappa shape index (κ2) is 10.4. The van der Waals surface area contributed by atoms with E-state index in [4.69, 9.17) is 27.9 Å². The first kappa shape index (κ1) is 24.5. The van der Waals surface area contributed by atoms with Gasteiger partial charge < -0.3 is 9.64 Å². The third kappa shape index (κ3) is 5.32. The molecule has 36 heavy (non-hydrogen) atoms. The highest BCUT2D eigenvalue weighted by Crippen LogP contribution is 2.30. The molecule has 7 nitrogen and oxygen atoms in total. The topological polar surface area (TPSA) is 75.6 Å². The van der Waals surface area contributed by atoms with Crippen LogP contribution in [0.2, 0.25) is 10.0 Å². The van der Waals surface area contributed by atoms with Gasteiger partial charge in [-0.15, -0.1) is 10.2 Å². The second-order valence-electron chi connectivity index (χ2n) is 8.18. The highest BCUT2D eigenvalue weighted by atomic mass is 35.5. The molecule has 0 aliphatic carbocycles. The van der Waals surface area contributed by atoms with Crippen LogP contribution in [-0.4, -0.2) is 49.1 Å². The summed E-state index contributed by atoms with van der Waals surface area (Å²) in [4.78, 5) is 2.25. The van der Waals surface area contributed by atoms with Crippen molar-refractivity contribution in [3.05, 3.63) is 95.0 Å². The lowest BCUT2D eigenvalue weighted by Crippen LogP contribution is -2.48. The van der Waals surface area contributed by atoms with Crippen molar-refractivity contribution in [3.8, 4) is 22.8 Å². The molecular weight excluding hydrogens is 519 g/mol. The number of piperazine rings is 1. The first-order chi connectivity index (χ1) is 17.4. The van der Waals surface area contributed by atoms with Gasteiger partial charge >= 0.3 is 0 Å². The molecule has 0 N–H and O–H groups in total. The van der Waals surface area contributed by atoms with Gasteiger partial charge in [0, 0.05) is 36.8 Å². The Balaban J connectivity index is 1.22. The van der Waals surface area contributed by atoms with E-state index >= 15 is 0 Å². The summed E-state index contributed by atoms with van der Waals surface area (Å²) in [6, 6.07) is 24.8. The summed E-state index contributed by atoms with van der Waals surface area (Å²) in [5, 5.41) is 9.70. The lowest BCUT2D eigenvalue weighted by atomic mass is 10.1. The van der Waals surface area contributed by atoms with E-state index in [9.17, 15) is 8.42 Å². The number of rotatable bonds is 6. The maximum absolute atomic E-state index is 13.2. The minimum absolute atomic E-state index is 0.236. The van der Waals surface area contributed by atoms with Crippen molar-refractivity contribution in [2.45, 2.75) is 4.90 Å². The highest BCUT2D eigenvalue weighted by Gasteiger charge is 2.29. The number of anilines is 1. The molecule has 1 aromatic heterocycles. The Morgan fingerprint density at radius 3 is 2.08 bits per heavy atom. The van der Waals surface area contributed by atoms with E-state index < -0.39 is 10.0 Å². The van der Waals surface area contributed by atoms with Crippen molar-refractivity contribution in [2.24, 2.45) is 0 Å².